The van der Waals surface area contributed by atoms with E-state index in [1.54, 1.807) is 48.5 Å². The van der Waals surface area contributed by atoms with E-state index in [2.05, 4.69) is 9.97 Å². The molecule has 43 heavy (non-hydrogen) atoms. The summed E-state index contributed by atoms with van der Waals surface area (Å²) in [6.07, 6.45) is 0.950. The van der Waals surface area contributed by atoms with Crippen molar-refractivity contribution >= 4 is 29.5 Å². The van der Waals surface area contributed by atoms with Gasteiger partial charge in [0.2, 0.25) is 5.95 Å². The number of esters is 2. The van der Waals surface area contributed by atoms with E-state index in [1.165, 1.54) is 10.9 Å². The number of anilines is 1. The molecule has 3 aromatic rings. The van der Waals surface area contributed by atoms with E-state index in [-0.39, 0.29) is 42.1 Å². The first-order chi connectivity index (χ1) is 20.6. The molecule has 0 spiro atoms. The molecule has 2 fully saturated rings. The highest BCUT2D eigenvalue weighted by Gasteiger charge is 2.45. The van der Waals surface area contributed by atoms with Crippen LogP contribution in [0.4, 0.5) is 5.95 Å². The second-order valence-corrected chi connectivity index (χ2v) is 10.9. The summed E-state index contributed by atoms with van der Waals surface area (Å²) >= 11 is 6.08. The number of rotatable bonds is 7. The Morgan fingerprint density at radius 2 is 1.35 bits per heavy atom. The largest absolute Gasteiger partial charge is 0.454 e. The molecule has 8 atom stereocenters. The van der Waals surface area contributed by atoms with Crippen molar-refractivity contribution in [2.75, 3.05) is 5.73 Å². The molecule has 1 aromatic heterocycles. The van der Waals surface area contributed by atoms with E-state index in [0.29, 0.717) is 11.1 Å². The SMILES string of the molecule is CC[C@H]1OC(Cl)C(OC(=O)c2ccccc2)[C@H]1C.CC[C@H]1O[C@@H](n2cnc(N)nc2=O)C(OC(=O)c2ccccc2)[C@H]1C. The number of halogens is 1. The highest BCUT2D eigenvalue weighted by Crippen LogP contribution is 2.37. The maximum Gasteiger partial charge on any atom is 0.354 e. The Bertz CT molecular complexity index is 1420. The van der Waals surface area contributed by atoms with Gasteiger partial charge >= 0.3 is 17.6 Å². The van der Waals surface area contributed by atoms with Gasteiger partial charge in [0.05, 0.1) is 23.3 Å². The Balaban J connectivity index is 0.000000208. The van der Waals surface area contributed by atoms with E-state index < -0.39 is 29.6 Å². The molecule has 0 aliphatic carbocycles. The lowest BCUT2D eigenvalue weighted by Gasteiger charge is -2.22. The Morgan fingerprint density at radius 3 is 1.84 bits per heavy atom. The van der Waals surface area contributed by atoms with Crippen molar-refractivity contribution in [3.8, 4) is 0 Å². The first kappa shape index (κ1) is 32.1. The Kier molecular flexibility index (Phi) is 10.9. The van der Waals surface area contributed by atoms with Gasteiger partial charge in [0, 0.05) is 11.8 Å². The molecular weight excluding hydrogens is 576 g/mol. The first-order valence-electron chi connectivity index (χ1n) is 14.3. The fourth-order valence-electron chi connectivity index (χ4n) is 5.22. The summed E-state index contributed by atoms with van der Waals surface area (Å²) < 4.78 is 23.9. The quantitative estimate of drug-likeness (QED) is 0.296. The molecule has 0 radical (unpaired) electrons. The van der Waals surface area contributed by atoms with Crippen LogP contribution in [-0.4, -0.2) is 56.5 Å². The summed E-state index contributed by atoms with van der Waals surface area (Å²) in [5.74, 6) is -0.903. The average Bonchev–Trinajstić information content (AvgIpc) is 3.47. The second kappa shape index (κ2) is 14.6. The number of carbonyl (C=O) groups excluding carboxylic acids is 2. The van der Waals surface area contributed by atoms with Crippen molar-refractivity contribution in [3.05, 3.63) is 88.6 Å². The molecule has 0 saturated carbocycles. The zero-order valence-corrected chi connectivity index (χ0v) is 25.3. The Morgan fingerprint density at radius 1 is 0.860 bits per heavy atom. The number of aromatic nitrogens is 3. The smallest absolute Gasteiger partial charge is 0.354 e. The van der Waals surface area contributed by atoms with Gasteiger partial charge in [-0.2, -0.15) is 4.98 Å². The predicted octanol–water partition coefficient (Wildman–Crippen LogP) is 4.61. The first-order valence-corrected chi connectivity index (χ1v) is 14.8. The van der Waals surface area contributed by atoms with E-state index >= 15 is 0 Å². The van der Waals surface area contributed by atoms with Crippen LogP contribution in [0, 0.1) is 11.8 Å². The van der Waals surface area contributed by atoms with Crippen LogP contribution in [0.25, 0.3) is 0 Å². The average molecular weight is 613 g/mol. The van der Waals surface area contributed by atoms with Gasteiger partial charge in [0.15, 0.2) is 17.9 Å². The molecule has 0 amide bonds. The van der Waals surface area contributed by atoms with E-state index in [0.717, 1.165) is 12.8 Å². The van der Waals surface area contributed by atoms with Crippen LogP contribution in [0.5, 0.6) is 0 Å². The molecule has 2 aliphatic rings. The standard InChI is InChI=1S/C17H20N4O4.C14H17ClO3/c1-3-12-10(2)13(25-15(22)11-7-5-4-6-8-11)14(24-12)21-9-19-16(18)20-17(21)23;1-3-11-9(2)12(13(15)17-11)18-14(16)10-7-5-4-6-8-10/h4-10,12-14H,3H2,1-2H3,(H2,18,20,23);4-9,11-13H,3H2,1-2H3/t10-,12+,13?,14+;9-,11+,12?,13?/m00/s1. The van der Waals surface area contributed by atoms with Crippen LogP contribution in [0.1, 0.15) is 67.5 Å². The number of nitrogens with zero attached hydrogens (tertiary/aromatic N) is 3. The van der Waals surface area contributed by atoms with Gasteiger partial charge in [-0.3, -0.25) is 4.57 Å². The van der Waals surface area contributed by atoms with Crippen LogP contribution in [0.3, 0.4) is 0 Å². The lowest BCUT2D eigenvalue weighted by molar-refractivity contribution is -0.0515. The van der Waals surface area contributed by atoms with Gasteiger partial charge in [-0.1, -0.05) is 75.7 Å². The Labute approximate surface area is 255 Å². The molecule has 0 bridgehead atoms. The number of carbonyl (C=O) groups is 2. The second-order valence-electron chi connectivity index (χ2n) is 10.5. The molecule has 2 aromatic carbocycles. The van der Waals surface area contributed by atoms with Crippen LogP contribution in [-0.2, 0) is 18.9 Å². The number of nitrogen functional groups attached to an aromatic ring is 1. The van der Waals surface area contributed by atoms with E-state index in [9.17, 15) is 14.4 Å². The van der Waals surface area contributed by atoms with Crippen molar-refractivity contribution in [1.82, 2.24) is 14.5 Å². The van der Waals surface area contributed by atoms with Gasteiger partial charge in [0.25, 0.3) is 0 Å². The van der Waals surface area contributed by atoms with Gasteiger partial charge in [-0.15, -0.1) is 0 Å². The summed E-state index contributed by atoms with van der Waals surface area (Å²) in [5, 5.41) is 0. The summed E-state index contributed by atoms with van der Waals surface area (Å²) in [5.41, 5.74) is 5.26. The molecule has 2 saturated heterocycles. The third-order valence-corrected chi connectivity index (χ3v) is 8.05. The van der Waals surface area contributed by atoms with Crippen LogP contribution in [0.2, 0.25) is 0 Å². The lowest BCUT2D eigenvalue weighted by Crippen LogP contribution is -2.36. The molecule has 2 aliphatic heterocycles. The molecule has 11 nitrogen and oxygen atoms in total. The molecule has 12 heteroatoms. The van der Waals surface area contributed by atoms with Gasteiger partial charge < -0.3 is 24.7 Å². The molecule has 5 rings (SSSR count). The summed E-state index contributed by atoms with van der Waals surface area (Å²) in [6.45, 7) is 7.94. The fraction of sp³-hybridized carbons (Fsp3) is 0.452. The summed E-state index contributed by atoms with van der Waals surface area (Å²) in [4.78, 5) is 44.0. The van der Waals surface area contributed by atoms with Crippen LogP contribution >= 0.6 is 11.6 Å². The van der Waals surface area contributed by atoms with E-state index in [4.69, 9.17) is 36.3 Å². The number of hydrogen-bond donors (Lipinski definition) is 1. The Hall–Kier alpha value is -3.80. The molecule has 230 valence electrons. The highest BCUT2D eigenvalue weighted by atomic mass is 35.5. The van der Waals surface area contributed by atoms with Gasteiger partial charge in [-0.05, 0) is 37.1 Å². The fourth-order valence-corrected chi connectivity index (χ4v) is 5.63. The van der Waals surface area contributed by atoms with E-state index in [1.807, 2.05) is 39.8 Å². The van der Waals surface area contributed by atoms with Crippen LogP contribution < -0.4 is 11.4 Å². The van der Waals surface area contributed by atoms with Crippen molar-refractivity contribution < 1.29 is 28.5 Å². The summed E-state index contributed by atoms with van der Waals surface area (Å²) in [7, 11) is 0. The van der Waals surface area contributed by atoms with Gasteiger partial charge in [0.1, 0.15) is 12.4 Å². The van der Waals surface area contributed by atoms with Crippen molar-refractivity contribution in [2.45, 2.75) is 76.7 Å². The van der Waals surface area contributed by atoms with Gasteiger partial charge in [-0.25, -0.2) is 19.4 Å². The molecule has 3 unspecified atom stereocenters. The highest BCUT2D eigenvalue weighted by molar-refractivity contribution is 6.20. The predicted molar refractivity (Wildman–Crippen MR) is 159 cm³/mol. The zero-order valence-electron chi connectivity index (χ0n) is 24.5. The third kappa shape index (κ3) is 7.59. The number of nitrogens with two attached hydrogens (primary N) is 1. The van der Waals surface area contributed by atoms with Crippen molar-refractivity contribution in [3.63, 3.8) is 0 Å². The number of hydrogen-bond acceptors (Lipinski definition) is 10. The molecule has 3 heterocycles. The van der Waals surface area contributed by atoms with Crippen molar-refractivity contribution in [2.24, 2.45) is 11.8 Å². The molecule has 2 N–H and O–H groups in total. The minimum atomic E-state index is -0.791. The number of alkyl halides is 1. The maximum atomic E-state index is 12.4. The number of ether oxygens (including phenoxy) is 4. The number of benzene rings is 2. The van der Waals surface area contributed by atoms with Crippen molar-refractivity contribution in [1.29, 1.82) is 0 Å². The zero-order chi connectivity index (χ0) is 31.1. The summed E-state index contributed by atoms with van der Waals surface area (Å²) in [6, 6.07) is 17.6. The normalized spacial score (nSPS) is 28.0. The monoisotopic (exact) mass is 612 g/mol. The van der Waals surface area contributed by atoms with Crippen LogP contribution in [0.15, 0.2) is 71.8 Å². The lowest BCUT2D eigenvalue weighted by atomic mass is 9.98. The maximum absolute atomic E-state index is 12.4. The topological polar surface area (TPSA) is 145 Å². The minimum absolute atomic E-state index is 0.0565. The minimum Gasteiger partial charge on any atom is -0.454 e. The molecular formula is C31H37ClN4O7. The third-order valence-electron chi connectivity index (χ3n) is 7.70.